The predicted molar refractivity (Wildman–Crippen MR) is 76.8 cm³/mol. The second-order valence-corrected chi connectivity index (χ2v) is 5.55. The number of hydrogen-bond acceptors (Lipinski definition) is 2. The molecule has 0 amide bonds. The van der Waals surface area contributed by atoms with Gasteiger partial charge in [0.15, 0.2) is 0 Å². The van der Waals surface area contributed by atoms with Crippen LogP contribution in [0.3, 0.4) is 0 Å². The second kappa shape index (κ2) is 5.59. The zero-order valence-electron chi connectivity index (χ0n) is 10.2. The van der Waals surface area contributed by atoms with Crippen molar-refractivity contribution in [2.75, 3.05) is 11.5 Å². The van der Waals surface area contributed by atoms with E-state index in [-0.39, 0.29) is 12.2 Å². The number of thioether (sulfide) groups is 1. The normalized spacial score (nSPS) is 23.8. The van der Waals surface area contributed by atoms with Gasteiger partial charge in [0.25, 0.3) is 0 Å². The van der Waals surface area contributed by atoms with Crippen LogP contribution in [0.5, 0.6) is 0 Å². The molecule has 92 valence electrons. The van der Waals surface area contributed by atoms with Crippen molar-refractivity contribution >= 4 is 11.8 Å². The summed E-state index contributed by atoms with van der Waals surface area (Å²) in [6.07, 6.45) is 0.435. The molecule has 1 aliphatic rings. The summed E-state index contributed by atoms with van der Waals surface area (Å²) in [5.74, 6) is 2.10. The van der Waals surface area contributed by atoms with Crippen LogP contribution in [-0.4, -0.2) is 11.5 Å². The van der Waals surface area contributed by atoms with Crippen molar-refractivity contribution in [2.45, 2.75) is 12.2 Å². The first kappa shape index (κ1) is 11.8. The molecule has 1 heterocycles. The van der Waals surface area contributed by atoms with Gasteiger partial charge < -0.3 is 4.74 Å². The molecule has 3 rings (SSSR count). The van der Waals surface area contributed by atoms with Crippen LogP contribution in [0.4, 0.5) is 0 Å². The van der Waals surface area contributed by atoms with Gasteiger partial charge in [-0.3, -0.25) is 0 Å². The average Bonchev–Trinajstić information content (AvgIpc) is 2.49. The molecule has 0 saturated carbocycles. The lowest BCUT2D eigenvalue weighted by molar-refractivity contribution is 0.00512. The summed E-state index contributed by atoms with van der Waals surface area (Å²) in [4.78, 5) is 0. The summed E-state index contributed by atoms with van der Waals surface area (Å²) < 4.78 is 6.24. The van der Waals surface area contributed by atoms with Crippen molar-refractivity contribution in [3.8, 4) is 0 Å². The zero-order chi connectivity index (χ0) is 12.2. The number of ether oxygens (including phenoxy) is 1. The van der Waals surface area contributed by atoms with Gasteiger partial charge in [-0.05, 0) is 11.1 Å². The Hall–Kier alpha value is -1.25. The molecular formula is C16H16OS. The highest BCUT2D eigenvalue weighted by Gasteiger charge is 2.24. The topological polar surface area (TPSA) is 9.23 Å². The molecule has 0 unspecified atom stereocenters. The van der Waals surface area contributed by atoms with E-state index in [1.54, 1.807) is 0 Å². The van der Waals surface area contributed by atoms with Gasteiger partial charge in [-0.1, -0.05) is 60.7 Å². The number of hydrogen-bond donors (Lipinski definition) is 0. The summed E-state index contributed by atoms with van der Waals surface area (Å²) in [6.45, 7) is 0. The Kier molecular flexibility index (Phi) is 3.67. The second-order valence-electron chi connectivity index (χ2n) is 4.47. The molecule has 1 fully saturated rings. The maximum Gasteiger partial charge on any atom is 0.0924 e. The van der Waals surface area contributed by atoms with Gasteiger partial charge in [-0.25, -0.2) is 0 Å². The van der Waals surface area contributed by atoms with Crippen molar-refractivity contribution in [3.63, 3.8) is 0 Å². The smallest absolute Gasteiger partial charge is 0.0924 e. The lowest BCUT2D eigenvalue weighted by atomic mass is 10.1. The lowest BCUT2D eigenvalue weighted by Crippen LogP contribution is -2.20. The Morgan fingerprint density at radius 1 is 0.722 bits per heavy atom. The lowest BCUT2D eigenvalue weighted by Gasteiger charge is -2.30. The maximum atomic E-state index is 6.24. The first-order chi connectivity index (χ1) is 8.93. The summed E-state index contributed by atoms with van der Waals surface area (Å²) >= 11 is 1.98. The van der Waals surface area contributed by atoms with Gasteiger partial charge in [-0.2, -0.15) is 11.8 Å². The largest absolute Gasteiger partial charge is 0.364 e. The van der Waals surface area contributed by atoms with E-state index in [0.717, 1.165) is 11.5 Å². The van der Waals surface area contributed by atoms with Crippen molar-refractivity contribution in [2.24, 2.45) is 0 Å². The molecule has 0 bridgehead atoms. The number of benzene rings is 2. The zero-order valence-corrected chi connectivity index (χ0v) is 11.0. The fraction of sp³-hybridized carbons (Fsp3) is 0.250. The highest BCUT2D eigenvalue weighted by Crippen LogP contribution is 2.36. The molecule has 2 heteroatoms. The van der Waals surface area contributed by atoms with Gasteiger partial charge in [0.1, 0.15) is 0 Å². The van der Waals surface area contributed by atoms with Gasteiger partial charge >= 0.3 is 0 Å². The van der Waals surface area contributed by atoms with Crippen molar-refractivity contribution < 1.29 is 4.74 Å². The van der Waals surface area contributed by atoms with Crippen LogP contribution in [0.25, 0.3) is 0 Å². The molecule has 1 aliphatic heterocycles. The first-order valence-corrected chi connectivity index (χ1v) is 7.42. The van der Waals surface area contributed by atoms with E-state index in [4.69, 9.17) is 4.74 Å². The van der Waals surface area contributed by atoms with E-state index in [1.165, 1.54) is 11.1 Å². The van der Waals surface area contributed by atoms with E-state index < -0.39 is 0 Å². The average molecular weight is 256 g/mol. The van der Waals surface area contributed by atoms with E-state index in [0.29, 0.717) is 0 Å². The Morgan fingerprint density at radius 3 is 1.61 bits per heavy atom. The van der Waals surface area contributed by atoms with Gasteiger partial charge in [-0.15, -0.1) is 0 Å². The van der Waals surface area contributed by atoms with Crippen LogP contribution < -0.4 is 0 Å². The SMILES string of the molecule is c1ccc([C@@H]2CSC[C@@H](c3ccccc3)O2)cc1. The van der Waals surface area contributed by atoms with E-state index >= 15 is 0 Å². The fourth-order valence-corrected chi connectivity index (χ4v) is 3.35. The number of rotatable bonds is 2. The monoisotopic (exact) mass is 256 g/mol. The molecule has 2 atom stereocenters. The van der Waals surface area contributed by atoms with Gasteiger partial charge in [0.2, 0.25) is 0 Å². The van der Waals surface area contributed by atoms with Crippen LogP contribution in [-0.2, 0) is 4.74 Å². The highest BCUT2D eigenvalue weighted by atomic mass is 32.2. The summed E-state index contributed by atoms with van der Waals surface area (Å²) in [7, 11) is 0. The van der Waals surface area contributed by atoms with Gasteiger partial charge in [0, 0.05) is 11.5 Å². The van der Waals surface area contributed by atoms with Crippen LogP contribution in [0.1, 0.15) is 23.3 Å². The minimum absolute atomic E-state index is 0.218. The quantitative estimate of drug-likeness (QED) is 0.795. The van der Waals surface area contributed by atoms with Crippen LogP contribution >= 0.6 is 11.8 Å². The maximum absolute atomic E-state index is 6.24. The standard InChI is InChI=1S/C16H16OS/c1-3-7-13(8-4-1)15-11-18-12-16(17-15)14-9-5-2-6-10-14/h1-10,15-16H,11-12H2/t15-,16-/m0/s1. The Morgan fingerprint density at radius 2 is 1.17 bits per heavy atom. The minimum atomic E-state index is 0.218. The van der Waals surface area contributed by atoms with Crippen LogP contribution in [0.15, 0.2) is 60.7 Å². The molecule has 2 aromatic rings. The van der Waals surface area contributed by atoms with Crippen molar-refractivity contribution in [3.05, 3.63) is 71.8 Å². The molecule has 1 nitrogen and oxygen atoms in total. The molecular weight excluding hydrogens is 240 g/mol. The van der Waals surface area contributed by atoms with Crippen LogP contribution in [0, 0.1) is 0 Å². The Bertz CT molecular complexity index is 437. The molecule has 0 N–H and O–H groups in total. The first-order valence-electron chi connectivity index (χ1n) is 6.26. The third-order valence-electron chi connectivity index (χ3n) is 3.21. The summed E-state index contributed by atoms with van der Waals surface area (Å²) in [5.41, 5.74) is 2.57. The molecule has 2 aromatic carbocycles. The van der Waals surface area contributed by atoms with Crippen molar-refractivity contribution in [1.82, 2.24) is 0 Å². The predicted octanol–water partition coefficient (Wildman–Crippen LogP) is 4.23. The molecule has 0 aliphatic carbocycles. The van der Waals surface area contributed by atoms with E-state index in [1.807, 2.05) is 23.9 Å². The highest BCUT2D eigenvalue weighted by molar-refractivity contribution is 7.99. The molecule has 1 saturated heterocycles. The third-order valence-corrected chi connectivity index (χ3v) is 4.29. The third kappa shape index (κ3) is 2.60. The molecule has 18 heavy (non-hydrogen) atoms. The van der Waals surface area contributed by atoms with Crippen LogP contribution in [0.2, 0.25) is 0 Å². The fourth-order valence-electron chi connectivity index (χ4n) is 2.24. The van der Waals surface area contributed by atoms with E-state index in [2.05, 4.69) is 48.5 Å². The molecule has 0 radical (unpaired) electrons. The molecule has 0 spiro atoms. The van der Waals surface area contributed by atoms with E-state index in [9.17, 15) is 0 Å². The minimum Gasteiger partial charge on any atom is -0.364 e. The Labute approximate surface area is 112 Å². The Balaban J connectivity index is 1.77. The molecule has 0 aromatic heterocycles. The van der Waals surface area contributed by atoms with Crippen molar-refractivity contribution in [1.29, 1.82) is 0 Å². The van der Waals surface area contributed by atoms with Gasteiger partial charge in [0.05, 0.1) is 12.2 Å². The summed E-state index contributed by atoms with van der Waals surface area (Å²) in [6, 6.07) is 21.0. The summed E-state index contributed by atoms with van der Waals surface area (Å²) in [5, 5.41) is 0.